The fourth-order valence-corrected chi connectivity index (χ4v) is 2.70. The second-order valence-corrected chi connectivity index (χ2v) is 5.51. The SMILES string of the molecule is O=C1NCc2ccc(C(=O)ON3C(=O)c4ccccc4C3=O)cc2N1. The van der Waals surface area contributed by atoms with E-state index in [0.29, 0.717) is 17.3 Å². The fraction of sp³-hybridized carbons (Fsp3) is 0.0588. The predicted octanol–water partition coefficient (Wildman–Crippen LogP) is 1.69. The Hall–Kier alpha value is -3.68. The third-order valence-corrected chi connectivity index (χ3v) is 3.96. The van der Waals surface area contributed by atoms with Crippen LogP contribution in [-0.4, -0.2) is 28.9 Å². The highest BCUT2D eigenvalue weighted by Gasteiger charge is 2.38. The van der Waals surface area contributed by atoms with Gasteiger partial charge in [0.05, 0.1) is 16.7 Å². The molecule has 4 amide bonds. The molecule has 124 valence electrons. The van der Waals surface area contributed by atoms with Crippen molar-refractivity contribution in [2.45, 2.75) is 6.54 Å². The van der Waals surface area contributed by atoms with Gasteiger partial charge >= 0.3 is 12.0 Å². The van der Waals surface area contributed by atoms with Gasteiger partial charge in [0, 0.05) is 12.2 Å². The Bertz CT molecular complexity index is 918. The summed E-state index contributed by atoms with van der Waals surface area (Å²) in [7, 11) is 0. The monoisotopic (exact) mass is 337 g/mol. The number of imide groups is 1. The number of nitrogens with zero attached hydrogens (tertiary/aromatic N) is 1. The van der Waals surface area contributed by atoms with Crippen LogP contribution in [0.2, 0.25) is 0 Å². The number of hydroxylamine groups is 2. The van der Waals surface area contributed by atoms with Crippen LogP contribution in [0, 0.1) is 0 Å². The first-order valence-electron chi connectivity index (χ1n) is 7.42. The summed E-state index contributed by atoms with van der Waals surface area (Å²) in [6, 6.07) is 10.4. The van der Waals surface area contributed by atoms with Gasteiger partial charge in [-0.3, -0.25) is 9.59 Å². The predicted molar refractivity (Wildman–Crippen MR) is 84.7 cm³/mol. The summed E-state index contributed by atoms with van der Waals surface area (Å²) in [4.78, 5) is 53.1. The molecule has 2 aliphatic heterocycles. The number of carbonyl (C=O) groups excluding carboxylic acids is 4. The van der Waals surface area contributed by atoms with Gasteiger partial charge in [-0.1, -0.05) is 23.3 Å². The minimum Gasteiger partial charge on any atom is -0.334 e. The van der Waals surface area contributed by atoms with Crippen molar-refractivity contribution in [3.63, 3.8) is 0 Å². The molecule has 25 heavy (non-hydrogen) atoms. The first-order chi connectivity index (χ1) is 12.0. The molecule has 0 bridgehead atoms. The van der Waals surface area contributed by atoms with E-state index < -0.39 is 17.8 Å². The lowest BCUT2D eigenvalue weighted by atomic mass is 10.1. The molecule has 0 saturated carbocycles. The zero-order valence-corrected chi connectivity index (χ0v) is 12.7. The van der Waals surface area contributed by atoms with Crippen LogP contribution in [0.15, 0.2) is 42.5 Å². The molecule has 4 rings (SSSR count). The van der Waals surface area contributed by atoms with Crippen LogP contribution in [-0.2, 0) is 11.4 Å². The van der Waals surface area contributed by atoms with Crippen molar-refractivity contribution in [1.82, 2.24) is 10.4 Å². The van der Waals surface area contributed by atoms with E-state index in [-0.39, 0.29) is 22.7 Å². The second kappa shape index (κ2) is 5.45. The maximum Gasteiger partial charge on any atom is 0.364 e. The summed E-state index contributed by atoms with van der Waals surface area (Å²) in [6.07, 6.45) is 0. The Morgan fingerprint density at radius 1 is 1.00 bits per heavy atom. The van der Waals surface area contributed by atoms with Crippen molar-refractivity contribution >= 4 is 29.5 Å². The van der Waals surface area contributed by atoms with E-state index in [1.54, 1.807) is 18.2 Å². The number of fused-ring (bicyclic) bond motifs is 2. The van der Waals surface area contributed by atoms with Gasteiger partial charge in [-0.2, -0.15) is 0 Å². The van der Waals surface area contributed by atoms with Gasteiger partial charge < -0.3 is 15.5 Å². The molecule has 8 heteroatoms. The average molecular weight is 337 g/mol. The molecule has 0 aliphatic carbocycles. The average Bonchev–Trinajstić information content (AvgIpc) is 2.86. The fourth-order valence-electron chi connectivity index (χ4n) is 2.70. The van der Waals surface area contributed by atoms with Gasteiger partial charge in [0.15, 0.2) is 0 Å². The first kappa shape index (κ1) is 14.9. The maximum absolute atomic E-state index is 12.3. The Labute approximate surface area is 141 Å². The largest absolute Gasteiger partial charge is 0.364 e. The highest BCUT2D eigenvalue weighted by atomic mass is 16.7. The van der Waals surface area contributed by atoms with Crippen LogP contribution in [0.25, 0.3) is 0 Å². The Kier molecular flexibility index (Phi) is 3.24. The molecule has 0 unspecified atom stereocenters. The smallest absolute Gasteiger partial charge is 0.334 e. The number of urea groups is 1. The second-order valence-electron chi connectivity index (χ2n) is 5.51. The minimum atomic E-state index is -0.870. The number of amides is 4. The van der Waals surface area contributed by atoms with Gasteiger partial charge in [0.2, 0.25) is 0 Å². The Balaban J connectivity index is 1.57. The summed E-state index contributed by atoms with van der Waals surface area (Å²) in [5.41, 5.74) is 1.75. The van der Waals surface area contributed by atoms with Gasteiger partial charge in [-0.15, -0.1) is 0 Å². The number of benzene rings is 2. The van der Waals surface area contributed by atoms with Gasteiger partial charge in [0.25, 0.3) is 11.8 Å². The van der Waals surface area contributed by atoms with Crippen LogP contribution < -0.4 is 10.6 Å². The van der Waals surface area contributed by atoms with Crippen LogP contribution in [0.3, 0.4) is 0 Å². The summed E-state index contributed by atoms with van der Waals surface area (Å²) in [6.45, 7) is 0.342. The molecule has 0 fully saturated rings. The van der Waals surface area contributed by atoms with E-state index in [4.69, 9.17) is 4.84 Å². The van der Waals surface area contributed by atoms with E-state index >= 15 is 0 Å². The van der Waals surface area contributed by atoms with Crippen molar-refractivity contribution in [2.24, 2.45) is 0 Å². The first-order valence-corrected chi connectivity index (χ1v) is 7.42. The summed E-state index contributed by atoms with van der Waals surface area (Å²) in [5.74, 6) is -2.25. The van der Waals surface area contributed by atoms with Crippen LogP contribution >= 0.6 is 0 Å². The molecular weight excluding hydrogens is 326 g/mol. The van der Waals surface area contributed by atoms with Crippen LogP contribution in [0.5, 0.6) is 0 Å². The molecule has 2 N–H and O–H groups in total. The van der Waals surface area contributed by atoms with Crippen molar-refractivity contribution in [3.05, 3.63) is 64.7 Å². The highest BCUT2D eigenvalue weighted by molar-refractivity contribution is 6.21. The van der Waals surface area contributed by atoms with E-state index in [1.807, 2.05) is 0 Å². The molecular formula is C17H11N3O5. The van der Waals surface area contributed by atoms with Crippen molar-refractivity contribution in [1.29, 1.82) is 0 Å². The number of hydrogen-bond donors (Lipinski definition) is 2. The number of nitrogens with one attached hydrogen (secondary N) is 2. The molecule has 0 radical (unpaired) electrons. The van der Waals surface area contributed by atoms with Gasteiger partial charge in [0.1, 0.15) is 0 Å². The maximum atomic E-state index is 12.3. The lowest BCUT2D eigenvalue weighted by Crippen LogP contribution is -2.34. The minimum absolute atomic E-state index is 0.109. The normalized spacial score (nSPS) is 15.2. The lowest BCUT2D eigenvalue weighted by Gasteiger charge is -2.19. The summed E-state index contributed by atoms with van der Waals surface area (Å²) >= 11 is 0. The van der Waals surface area contributed by atoms with Crippen molar-refractivity contribution < 1.29 is 24.0 Å². The lowest BCUT2D eigenvalue weighted by molar-refractivity contribution is -0.0584. The Morgan fingerprint density at radius 2 is 1.68 bits per heavy atom. The van der Waals surface area contributed by atoms with Crippen molar-refractivity contribution in [3.8, 4) is 0 Å². The van der Waals surface area contributed by atoms with E-state index in [1.165, 1.54) is 24.3 Å². The van der Waals surface area contributed by atoms with Crippen LogP contribution in [0.4, 0.5) is 10.5 Å². The molecule has 2 aromatic carbocycles. The van der Waals surface area contributed by atoms with E-state index in [2.05, 4.69) is 10.6 Å². The van der Waals surface area contributed by atoms with Crippen molar-refractivity contribution in [2.75, 3.05) is 5.32 Å². The van der Waals surface area contributed by atoms with Gasteiger partial charge in [-0.25, -0.2) is 9.59 Å². The quantitative estimate of drug-likeness (QED) is 0.812. The van der Waals surface area contributed by atoms with Gasteiger partial charge in [-0.05, 0) is 29.8 Å². The zero-order chi connectivity index (χ0) is 17.6. The van der Waals surface area contributed by atoms with Crippen LogP contribution in [0.1, 0.15) is 36.6 Å². The Morgan fingerprint density at radius 3 is 2.36 bits per heavy atom. The molecule has 2 aromatic rings. The zero-order valence-electron chi connectivity index (χ0n) is 12.7. The summed E-state index contributed by atoms with van der Waals surface area (Å²) in [5, 5.41) is 5.63. The number of hydrogen-bond acceptors (Lipinski definition) is 5. The molecule has 0 spiro atoms. The third kappa shape index (κ3) is 2.40. The highest BCUT2D eigenvalue weighted by Crippen LogP contribution is 2.25. The molecule has 8 nitrogen and oxygen atoms in total. The number of anilines is 1. The third-order valence-electron chi connectivity index (χ3n) is 3.96. The van der Waals surface area contributed by atoms with E-state index in [0.717, 1.165) is 5.56 Å². The van der Waals surface area contributed by atoms with E-state index in [9.17, 15) is 19.2 Å². The molecule has 0 saturated heterocycles. The standard InChI is InChI=1S/C17H11N3O5/c21-14-11-3-1-2-4-12(11)15(22)20(14)25-16(23)9-5-6-10-8-18-17(24)19-13(10)7-9/h1-7H,8H2,(H2,18,19,24). The number of rotatable bonds is 2. The molecule has 2 aliphatic rings. The molecule has 0 atom stereocenters. The number of carbonyl (C=O) groups is 4. The molecule has 2 heterocycles. The topological polar surface area (TPSA) is 105 Å². The summed E-state index contributed by atoms with van der Waals surface area (Å²) < 4.78 is 0. The molecule has 0 aromatic heterocycles.